The van der Waals surface area contributed by atoms with E-state index < -0.39 is 6.10 Å². The van der Waals surface area contributed by atoms with Crippen LogP contribution in [-0.4, -0.2) is 33.9 Å². The number of carbonyl (C=O) groups excluding carboxylic acids is 1. The second-order valence-electron chi connectivity index (χ2n) is 5.37. The second-order valence-corrected chi connectivity index (χ2v) is 5.37. The van der Waals surface area contributed by atoms with Gasteiger partial charge in [0.1, 0.15) is 0 Å². The number of aromatic nitrogens is 2. The van der Waals surface area contributed by atoms with Gasteiger partial charge in [0.25, 0.3) is 0 Å². The average molecular weight is 251 g/mol. The number of fused-ring (bicyclic) bond motifs is 1. The largest absolute Gasteiger partial charge is 0.391 e. The Balaban J connectivity index is 1.84. The Morgan fingerprint density at radius 2 is 2.44 bits per heavy atom. The van der Waals surface area contributed by atoms with Crippen molar-refractivity contribution in [1.82, 2.24) is 15.5 Å². The third-order valence-electron chi connectivity index (χ3n) is 3.65. The van der Waals surface area contributed by atoms with Crippen molar-refractivity contribution in [2.24, 2.45) is 11.8 Å². The van der Waals surface area contributed by atoms with Crippen LogP contribution in [-0.2, 0) is 17.6 Å². The number of H-pyrrole nitrogens is 1. The molecule has 1 amide bonds. The van der Waals surface area contributed by atoms with Crippen molar-refractivity contribution in [2.45, 2.75) is 39.2 Å². The van der Waals surface area contributed by atoms with Gasteiger partial charge >= 0.3 is 0 Å². The maximum absolute atomic E-state index is 12.0. The Bertz CT molecular complexity index is 414. The van der Waals surface area contributed by atoms with Crippen LogP contribution in [0.2, 0.25) is 0 Å². The SMILES string of the molecule is CC(C)C(O)CNC(=O)C1CCc2cn[nH]c2C1. The number of hydrogen-bond acceptors (Lipinski definition) is 3. The summed E-state index contributed by atoms with van der Waals surface area (Å²) in [6, 6.07) is 0. The molecule has 0 saturated carbocycles. The van der Waals surface area contributed by atoms with Crippen LogP contribution in [0.5, 0.6) is 0 Å². The zero-order chi connectivity index (χ0) is 13.1. The fraction of sp³-hybridized carbons (Fsp3) is 0.692. The zero-order valence-corrected chi connectivity index (χ0v) is 10.9. The van der Waals surface area contributed by atoms with Crippen LogP contribution in [0.25, 0.3) is 0 Å². The van der Waals surface area contributed by atoms with Gasteiger partial charge in [0.05, 0.1) is 12.3 Å². The highest BCUT2D eigenvalue weighted by atomic mass is 16.3. The van der Waals surface area contributed by atoms with Gasteiger partial charge in [-0.2, -0.15) is 5.10 Å². The number of carbonyl (C=O) groups is 1. The predicted molar refractivity (Wildman–Crippen MR) is 68.0 cm³/mol. The summed E-state index contributed by atoms with van der Waals surface area (Å²) in [5.41, 5.74) is 2.30. The lowest BCUT2D eigenvalue weighted by Crippen LogP contribution is -2.39. The molecule has 2 rings (SSSR count). The van der Waals surface area contributed by atoms with Crippen LogP contribution in [0.1, 0.15) is 31.5 Å². The van der Waals surface area contributed by atoms with Gasteiger partial charge in [-0.05, 0) is 24.3 Å². The fourth-order valence-electron chi connectivity index (χ4n) is 2.22. The van der Waals surface area contributed by atoms with Crippen LogP contribution >= 0.6 is 0 Å². The van der Waals surface area contributed by atoms with Gasteiger partial charge in [-0.1, -0.05) is 13.8 Å². The number of aliphatic hydroxyl groups is 1. The molecular formula is C13H21N3O2. The second kappa shape index (κ2) is 5.52. The van der Waals surface area contributed by atoms with Crippen molar-refractivity contribution in [2.75, 3.05) is 6.54 Å². The molecule has 2 atom stereocenters. The highest BCUT2D eigenvalue weighted by molar-refractivity contribution is 5.79. The first-order valence-electron chi connectivity index (χ1n) is 6.54. The molecule has 0 bridgehead atoms. The molecule has 1 aliphatic carbocycles. The van der Waals surface area contributed by atoms with Crippen molar-refractivity contribution in [3.63, 3.8) is 0 Å². The summed E-state index contributed by atoms with van der Waals surface area (Å²) in [7, 11) is 0. The maximum Gasteiger partial charge on any atom is 0.223 e. The molecule has 5 nitrogen and oxygen atoms in total. The number of hydrogen-bond donors (Lipinski definition) is 3. The molecule has 5 heteroatoms. The summed E-state index contributed by atoms with van der Waals surface area (Å²) >= 11 is 0. The van der Waals surface area contributed by atoms with E-state index in [2.05, 4.69) is 15.5 Å². The van der Waals surface area contributed by atoms with Gasteiger partial charge in [0, 0.05) is 24.6 Å². The van der Waals surface area contributed by atoms with E-state index in [9.17, 15) is 9.90 Å². The van der Waals surface area contributed by atoms with E-state index in [0.717, 1.165) is 25.0 Å². The van der Waals surface area contributed by atoms with Crippen LogP contribution in [0, 0.1) is 11.8 Å². The van der Waals surface area contributed by atoms with Crippen LogP contribution in [0.15, 0.2) is 6.20 Å². The summed E-state index contributed by atoms with van der Waals surface area (Å²) in [5, 5.41) is 19.4. The van der Waals surface area contributed by atoms with Gasteiger partial charge in [-0.25, -0.2) is 0 Å². The Kier molecular flexibility index (Phi) is 4.01. The first kappa shape index (κ1) is 13.1. The third kappa shape index (κ3) is 2.90. The Hall–Kier alpha value is -1.36. The Labute approximate surface area is 107 Å². The smallest absolute Gasteiger partial charge is 0.223 e. The molecule has 1 heterocycles. The van der Waals surface area contributed by atoms with Gasteiger partial charge in [-0.3, -0.25) is 9.89 Å². The lowest BCUT2D eigenvalue weighted by Gasteiger charge is -2.22. The molecular weight excluding hydrogens is 230 g/mol. The zero-order valence-electron chi connectivity index (χ0n) is 10.9. The van der Waals surface area contributed by atoms with Gasteiger partial charge < -0.3 is 10.4 Å². The van der Waals surface area contributed by atoms with Crippen molar-refractivity contribution in [3.8, 4) is 0 Å². The summed E-state index contributed by atoms with van der Waals surface area (Å²) in [6.07, 6.45) is 3.85. The monoisotopic (exact) mass is 251 g/mol. The van der Waals surface area contributed by atoms with Crippen LogP contribution < -0.4 is 5.32 Å². The van der Waals surface area contributed by atoms with E-state index in [1.165, 1.54) is 5.56 Å². The maximum atomic E-state index is 12.0. The molecule has 1 aromatic rings. The van der Waals surface area contributed by atoms with E-state index in [-0.39, 0.29) is 17.7 Å². The van der Waals surface area contributed by atoms with Crippen molar-refractivity contribution in [3.05, 3.63) is 17.5 Å². The molecule has 2 unspecified atom stereocenters. The minimum Gasteiger partial charge on any atom is -0.391 e. The van der Waals surface area contributed by atoms with Crippen LogP contribution in [0.4, 0.5) is 0 Å². The molecule has 0 saturated heterocycles. The van der Waals surface area contributed by atoms with Gasteiger partial charge in [0.15, 0.2) is 0 Å². The standard InChI is InChI=1S/C13H21N3O2/c1-8(2)12(17)7-14-13(18)9-3-4-10-6-15-16-11(10)5-9/h6,8-9,12,17H,3-5,7H2,1-2H3,(H,14,18)(H,15,16). The minimum atomic E-state index is -0.472. The molecule has 0 aromatic carbocycles. The molecule has 1 aliphatic rings. The van der Waals surface area contributed by atoms with Crippen LogP contribution in [0.3, 0.4) is 0 Å². The van der Waals surface area contributed by atoms with E-state index in [1.54, 1.807) is 0 Å². The van der Waals surface area contributed by atoms with Crippen molar-refractivity contribution >= 4 is 5.91 Å². The Morgan fingerprint density at radius 3 is 3.17 bits per heavy atom. The van der Waals surface area contributed by atoms with Gasteiger partial charge in [-0.15, -0.1) is 0 Å². The lowest BCUT2D eigenvalue weighted by atomic mass is 9.87. The van der Waals surface area contributed by atoms with Crippen molar-refractivity contribution in [1.29, 1.82) is 0 Å². The number of rotatable bonds is 4. The van der Waals surface area contributed by atoms with E-state index >= 15 is 0 Å². The normalized spacial score (nSPS) is 20.6. The number of nitrogens with zero attached hydrogens (tertiary/aromatic N) is 1. The fourth-order valence-corrected chi connectivity index (χ4v) is 2.22. The molecule has 100 valence electrons. The van der Waals surface area contributed by atoms with E-state index in [1.807, 2.05) is 20.0 Å². The molecule has 3 N–H and O–H groups in total. The summed E-state index contributed by atoms with van der Waals surface area (Å²) in [4.78, 5) is 12.0. The Morgan fingerprint density at radius 1 is 1.67 bits per heavy atom. The van der Waals surface area contributed by atoms with E-state index in [0.29, 0.717) is 6.54 Å². The number of nitrogens with one attached hydrogen (secondary N) is 2. The van der Waals surface area contributed by atoms with Gasteiger partial charge in [0.2, 0.25) is 5.91 Å². The molecule has 0 fully saturated rings. The van der Waals surface area contributed by atoms with E-state index in [4.69, 9.17) is 0 Å². The minimum absolute atomic E-state index is 0.00249. The first-order valence-corrected chi connectivity index (χ1v) is 6.54. The first-order chi connectivity index (χ1) is 8.58. The average Bonchev–Trinajstić information content (AvgIpc) is 2.82. The number of amides is 1. The molecule has 18 heavy (non-hydrogen) atoms. The number of aromatic amines is 1. The molecule has 0 aliphatic heterocycles. The molecule has 1 aromatic heterocycles. The highest BCUT2D eigenvalue weighted by Gasteiger charge is 2.26. The predicted octanol–water partition coefficient (Wildman–Crippen LogP) is 0.648. The van der Waals surface area contributed by atoms with Crippen molar-refractivity contribution < 1.29 is 9.90 Å². The summed E-state index contributed by atoms with van der Waals surface area (Å²) in [5.74, 6) is 0.197. The summed E-state index contributed by atoms with van der Waals surface area (Å²) in [6.45, 7) is 4.21. The highest BCUT2D eigenvalue weighted by Crippen LogP contribution is 2.23. The summed E-state index contributed by atoms with van der Waals surface area (Å²) < 4.78 is 0. The quantitative estimate of drug-likeness (QED) is 0.735. The lowest BCUT2D eigenvalue weighted by molar-refractivity contribution is -0.125. The topological polar surface area (TPSA) is 78.0 Å². The molecule has 0 spiro atoms. The molecule has 0 radical (unpaired) electrons. The third-order valence-corrected chi connectivity index (χ3v) is 3.65. The number of aryl methyl sites for hydroxylation is 1. The number of aliphatic hydroxyl groups excluding tert-OH is 1.